The van der Waals surface area contributed by atoms with Crippen molar-refractivity contribution in [2.24, 2.45) is 7.05 Å². The largest absolute Gasteiger partial charge is 0.302 e. The van der Waals surface area contributed by atoms with Gasteiger partial charge in [0.15, 0.2) is 0 Å². The van der Waals surface area contributed by atoms with Crippen molar-refractivity contribution in [3.63, 3.8) is 0 Å². The third kappa shape index (κ3) is 2.24. The summed E-state index contributed by atoms with van der Waals surface area (Å²) in [6, 6.07) is 5.69. The third-order valence-electron chi connectivity index (χ3n) is 2.07. The molecule has 1 aromatic carbocycles. The van der Waals surface area contributed by atoms with Crippen molar-refractivity contribution in [3.8, 4) is 0 Å². The third-order valence-corrected chi connectivity index (χ3v) is 2.07. The van der Waals surface area contributed by atoms with Crippen LogP contribution in [0.3, 0.4) is 0 Å². The standard InChI is InChI=1S/C10H10N2O.C2H6/c1-7-3-4-9-8(5-7)10(13)12(2)6-11-9;1-2/h3-6H,1-2H3;1-2H3. The molecule has 0 amide bonds. The average molecular weight is 204 g/mol. The van der Waals surface area contributed by atoms with Gasteiger partial charge in [-0.1, -0.05) is 25.5 Å². The Morgan fingerprint density at radius 1 is 1.27 bits per heavy atom. The monoisotopic (exact) mass is 204 g/mol. The van der Waals surface area contributed by atoms with Crippen molar-refractivity contribution in [2.45, 2.75) is 20.8 Å². The van der Waals surface area contributed by atoms with E-state index in [-0.39, 0.29) is 5.56 Å². The molecule has 0 saturated carbocycles. The van der Waals surface area contributed by atoms with E-state index in [4.69, 9.17) is 0 Å². The van der Waals surface area contributed by atoms with Gasteiger partial charge in [0.1, 0.15) is 0 Å². The molecule has 80 valence electrons. The Bertz CT molecular complexity index is 509. The summed E-state index contributed by atoms with van der Waals surface area (Å²) in [5.41, 5.74) is 1.85. The van der Waals surface area contributed by atoms with Crippen molar-refractivity contribution in [2.75, 3.05) is 0 Å². The van der Waals surface area contributed by atoms with Crippen LogP contribution in [0.15, 0.2) is 29.3 Å². The molecule has 0 aliphatic rings. The Morgan fingerprint density at radius 2 is 1.93 bits per heavy atom. The fourth-order valence-corrected chi connectivity index (χ4v) is 1.32. The smallest absolute Gasteiger partial charge is 0.260 e. The van der Waals surface area contributed by atoms with E-state index in [1.165, 1.54) is 4.57 Å². The number of fused-ring (bicyclic) bond motifs is 1. The van der Waals surface area contributed by atoms with Crippen molar-refractivity contribution < 1.29 is 0 Å². The lowest BCUT2D eigenvalue weighted by molar-refractivity contribution is 0.842. The van der Waals surface area contributed by atoms with Crippen LogP contribution in [-0.4, -0.2) is 9.55 Å². The summed E-state index contributed by atoms with van der Waals surface area (Å²) in [7, 11) is 1.71. The van der Waals surface area contributed by atoms with Gasteiger partial charge in [-0.3, -0.25) is 4.79 Å². The number of hydrogen-bond donors (Lipinski definition) is 0. The molecule has 2 aromatic rings. The maximum Gasteiger partial charge on any atom is 0.260 e. The van der Waals surface area contributed by atoms with Gasteiger partial charge in [0, 0.05) is 7.05 Å². The highest BCUT2D eigenvalue weighted by Crippen LogP contribution is 2.08. The predicted octanol–water partition coefficient (Wildman–Crippen LogP) is 2.27. The molecule has 0 fully saturated rings. The molecule has 3 nitrogen and oxygen atoms in total. The molecule has 15 heavy (non-hydrogen) atoms. The van der Waals surface area contributed by atoms with Crippen LogP contribution in [0.25, 0.3) is 10.9 Å². The highest BCUT2D eigenvalue weighted by Gasteiger charge is 2.00. The Kier molecular flexibility index (Phi) is 3.61. The summed E-state index contributed by atoms with van der Waals surface area (Å²) >= 11 is 0. The molecule has 0 unspecified atom stereocenters. The maximum absolute atomic E-state index is 11.6. The quantitative estimate of drug-likeness (QED) is 0.659. The minimum atomic E-state index is 0.00806. The van der Waals surface area contributed by atoms with E-state index in [2.05, 4.69) is 4.98 Å². The second-order valence-corrected chi connectivity index (χ2v) is 3.18. The fourth-order valence-electron chi connectivity index (χ4n) is 1.32. The SMILES string of the molecule is CC.Cc1ccc2ncn(C)c(=O)c2c1. The van der Waals surface area contributed by atoms with Crippen molar-refractivity contribution in [3.05, 3.63) is 40.4 Å². The van der Waals surface area contributed by atoms with Crippen LogP contribution in [0.4, 0.5) is 0 Å². The number of nitrogens with zero attached hydrogens (tertiary/aromatic N) is 2. The molecule has 0 saturated heterocycles. The van der Waals surface area contributed by atoms with Gasteiger partial charge in [-0.15, -0.1) is 0 Å². The van der Waals surface area contributed by atoms with Gasteiger partial charge in [0.05, 0.1) is 17.2 Å². The topological polar surface area (TPSA) is 34.9 Å². The van der Waals surface area contributed by atoms with E-state index >= 15 is 0 Å². The first-order chi connectivity index (χ1) is 7.18. The van der Waals surface area contributed by atoms with Crippen LogP contribution >= 0.6 is 0 Å². The molecule has 0 N–H and O–H groups in total. The van der Waals surface area contributed by atoms with Crippen LogP contribution in [0.5, 0.6) is 0 Å². The molecular formula is C12H16N2O. The summed E-state index contributed by atoms with van der Waals surface area (Å²) < 4.78 is 1.49. The van der Waals surface area contributed by atoms with E-state index in [9.17, 15) is 4.79 Å². The summed E-state index contributed by atoms with van der Waals surface area (Å²) in [6.07, 6.45) is 1.54. The van der Waals surface area contributed by atoms with Crippen LogP contribution < -0.4 is 5.56 Å². The summed E-state index contributed by atoms with van der Waals surface area (Å²) in [5, 5.41) is 0.685. The van der Waals surface area contributed by atoms with Crippen molar-refractivity contribution in [1.82, 2.24) is 9.55 Å². The Balaban J connectivity index is 0.000000531. The minimum absolute atomic E-state index is 0.00806. The molecule has 2 rings (SSSR count). The van der Waals surface area contributed by atoms with E-state index in [0.29, 0.717) is 5.39 Å². The molecule has 0 spiro atoms. The number of rotatable bonds is 0. The number of aromatic nitrogens is 2. The van der Waals surface area contributed by atoms with E-state index < -0.39 is 0 Å². The Hall–Kier alpha value is -1.64. The van der Waals surface area contributed by atoms with E-state index in [0.717, 1.165) is 11.1 Å². The minimum Gasteiger partial charge on any atom is -0.302 e. The van der Waals surface area contributed by atoms with Gasteiger partial charge >= 0.3 is 0 Å². The maximum atomic E-state index is 11.6. The molecular weight excluding hydrogens is 188 g/mol. The molecule has 0 aliphatic carbocycles. The summed E-state index contributed by atoms with van der Waals surface area (Å²) in [6.45, 7) is 5.96. The van der Waals surface area contributed by atoms with Crippen molar-refractivity contribution in [1.29, 1.82) is 0 Å². The van der Waals surface area contributed by atoms with Gasteiger partial charge < -0.3 is 4.57 Å². The first-order valence-electron chi connectivity index (χ1n) is 5.10. The lowest BCUT2D eigenvalue weighted by atomic mass is 10.2. The second kappa shape index (κ2) is 4.73. The van der Waals surface area contributed by atoms with Gasteiger partial charge in [-0.25, -0.2) is 4.98 Å². The van der Waals surface area contributed by atoms with E-state index in [1.807, 2.05) is 39.0 Å². The Morgan fingerprint density at radius 3 is 2.60 bits per heavy atom. The zero-order chi connectivity index (χ0) is 11.4. The first-order valence-corrected chi connectivity index (χ1v) is 5.10. The molecule has 0 bridgehead atoms. The zero-order valence-corrected chi connectivity index (χ0v) is 9.61. The first kappa shape index (κ1) is 11.4. The lowest BCUT2D eigenvalue weighted by Gasteiger charge is -2.00. The predicted molar refractivity (Wildman–Crippen MR) is 63.1 cm³/mol. The fraction of sp³-hybridized carbons (Fsp3) is 0.333. The molecule has 0 atom stereocenters. The van der Waals surface area contributed by atoms with E-state index in [1.54, 1.807) is 13.4 Å². The summed E-state index contributed by atoms with van der Waals surface area (Å²) in [4.78, 5) is 15.7. The lowest BCUT2D eigenvalue weighted by Crippen LogP contribution is -2.16. The normalized spacial score (nSPS) is 9.60. The highest BCUT2D eigenvalue weighted by molar-refractivity contribution is 5.77. The highest BCUT2D eigenvalue weighted by atomic mass is 16.1. The molecule has 0 radical (unpaired) electrons. The molecule has 1 heterocycles. The van der Waals surface area contributed by atoms with Crippen LogP contribution in [0.2, 0.25) is 0 Å². The second-order valence-electron chi connectivity index (χ2n) is 3.18. The molecule has 0 aliphatic heterocycles. The molecule has 3 heteroatoms. The molecule has 1 aromatic heterocycles. The van der Waals surface area contributed by atoms with Gasteiger partial charge in [0.2, 0.25) is 0 Å². The Labute approximate surface area is 89.4 Å². The zero-order valence-electron chi connectivity index (χ0n) is 9.61. The van der Waals surface area contributed by atoms with Gasteiger partial charge in [-0.05, 0) is 19.1 Å². The van der Waals surface area contributed by atoms with Crippen molar-refractivity contribution >= 4 is 10.9 Å². The van der Waals surface area contributed by atoms with Gasteiger partial charge in [-0.2, -0.15) is 0 Å². The van der Waals surface area contributed by atoms with Crippen LogP contribution in [0, 0.1) is 6.92 Å². The number of benzene rings is 1. The number of hydrogen-bond acceptors (Lipinski definition) is 2. The van der Waals surface area contributed by atoms with Crippen LogP contribution in [-0.2, 0) is 7.05 Å². The summed E-state index contributed by atoms with van der Waals surface area (Å²) in [5.74, 6) is 0. The average Bonchev–Trinajstić information content (AvgIpc) is 2.27. The van der Waals surface area contributed by atoms with Crippen LogP contribution in [0.1, 0.15) is 19.4 Å². The van der Waals surface area contributed by atoms with Gasteiger partial charge in [0.25, 0.3) is 5.56 Å². The number of aryl methyl sites for hydroxylation is 2.